The van der Waals surface area contributed by atoms with Crippen LogP contribution in [0.2, 0.25) is 0 Å². The lowest BCUT2D eigenvalue weighted by molar-refractivity contribution is -0.201. The van der Waals surface area contributed by atoms with Crippen LogP contribution in [0.3, 0.4) is 0 Å². The third kappa shape index (κ3) is 5.34. The Bertz CT molecular complexity index is 354. The smallest absolute Gasteiger partial charge is 0.306 e. The highest BCUT2D eigenvalue weighted by Gasteiger charge is 2.42. The minimum absolute atomic E-state index is 0.0492. The van der Waals surface area contributed by atoms with Gasteiger partial charge in [-0.05, 0) is 0 Å². The van der Waals surface area contributed by atoms with E-state index >= 15 is 0 Å². The summed E-state index contributed by atoms with van der Waals surface area (Å²) in [6.07, 6.45) is -2.05. The second-order valence-corrected chi connectivity index (χ2v) is 4.47. The van der Waals surface area contributed by atoms with Crippen molar-refractivity contribution in [3.05, 3.63) is 6.61 Å². The molecule has 0 bridgehead atoms. The molecule has 1 aliphatic heterocycles. The summed E-state index contributed by atoms with van der Waals surface area (Å²) >= 11 is 0. The Morgan fingerprint density at radius 2 is 1.48 bits per heavy atom. The third-order valence-electron chi connectivity index (χ3n) is 2.86. The average molecular weight is 301 g/mol. The highest BCUT2D eigenvalue weighted by molar-refractivity contribution is 5.71. The van der Waals surface area contributed by atoms with Crippen molar-refractivity contribution in [1.82, 2.24) is 0 Å². The van der Waals surface area contributed by atoms with E-state index in [1.807, 2.05) is 0 Å². The summed E-state index contributed by atoms with van der Waals surface area (Å²) in [4.78, 5) is 34.4. The van der Waals surface area contributed by atoms with Gasteiger partial charge in [0.15, 0.2) is 18.3 Å². The molecule has 0 aromatic rings. The molecule has 119 valence electrons. The molecule has 0 spiro atoms. The van der Waals surface area contributed by atoms with Crippen LogP contribution in [0.4, 0.5) is 0 Å². The predicted octanol–water partition coefficient (Wildman–Crippen LogP) is 1.14. The first-order valence-electron chi connectivity index (χ1n) is 7.05. The Hall–Kier alpha value is -1.63. The molecular formula is C14H21O7. The maximum absolute atomic E-state index is 11.5. The molecule has 1 saturated heterocycles. The Labute approximate surface area is 123 Å². The van der Waals surface area contributed by atoms with Crippen molar-refractivity contribution in [3.63, 3.8) is 0 Å². The lowest BCUT2D eigenvalue weighted by Crippen LogP contribution is -2.51. The van der Waals surface area contributed by atoms with Gasteiger partial charge in [-0.2, -0.15) is 0 Å². The van der Waals surface area contributed by atoms with Crippen LogP contribution in [0.1, 0.15) is 40.0 Å². The van der Waals surface area contributed by atoms with Crippen molar-refractivity contribution in [3.8, 4) is 0 Å². The average Bonchev–Trinajstić information content (AvgIpc) is 2.49. The van der Waals surface area contributed by atoms with Crippen molar-refractivity contribution in [2.75, 3.05) is 6.61 Å². The summed E-state index contributed by atoms with van der Waals surface area (Å²) in [5, 5.41) is 0. The quantitative estimate of drug-likeness (QED) is 0.537. The first-order chi connectivity index (χ1) is 10.0. The first-order valence-corrected chi connectivity index (χ1v) is 7.05. The molecule has 0 aromatic carbocycles. The van der Waals surface area contributed by atoms with Crippen LogP contribution >= 0.6 is 0 Å². The molecule has 3 atom stereocenters. The molecule has 1 rings (SSSR count). The van der Waals surface area contributed by atoms with Crippen LogP contribution in [0, 0.1) is 6.61 Å². The van der Waals surface area contributed by atoms with Crippen LogP contribution in [0.5, 0.6) is 0 Å². The monoisotopic (exact) mass is 301 g/mol. The van der Waals surface area contributed by atoms with Gasteiger partial charge in [0.05, 0.1) is 6.61 Å². The summed E-state index contributed by atoms with van der Waals surface area (Å²) in [5.41, 5.74) is 0. The van der Waals surface area contributed by atoms with Gasteiger partial charge in [-0.15, -0.1) is 0 Å². The van der Waals surface area contributed by atoms with Crippen molar-refractivity contribution < 1.29 is 33.3 Å². The van der Waals surface area contributed by atoms with Gasteiger partial charge in [-0.3, -0.25) is 14.4 Å². The summed E-state index contributed by atoms with van der Waals surface area (Å²) in [6, 6.07) is 0. The second-order valence-electron chi connectivity index (χ2n) is 4.47. The van der Waals surface area contributed by atoms with Gasteiger partial charge in [0.2, 0.25) is 0 Å². The van der Waals surface area contributed by atoms with Gasteiger partial charge in [0.1, 0.15) is 6.61 Å². The van der Waals surface area contributed by atoms with E-state index in [0.29, 0.717) is 0 Å². The fourth-order valence-corrected chi connectivity index (χ4v) is 1.69. The van der Waals surface area contributed by atoms with Crippen LogP contribution in [0.25, 0.3) is 0 Å². The zero-order valence-corrected chi connectivity index (χ0v) is 12.5. The van der Waals surface area contributed by atoms with Crippen LogP contribution in [-0.2, 0) is 33.3 Å². The summed E-state index contributed by atoms with van der Waals surface area (Å²) in [5.74, 6) is -1.37. The maximum atomic E-state index is 11.5. The first kappa shape index (κ1) is 17.4. The van der Waals surface area contributed by atoms with Crippen molar-refractivity contribution in [2.45, 2.75) is 58.3 Å². The molecule has 0 unspecified atom stereocenters. The normalized spacial score (nSPS) is 25.0. The molecule has 1 radical (unpaired) electrons. The fourth-order valence-electron chi connectivity index (χ4n) is 1.69. The molecule has 0 N–H and O–H groups in total. The second kappa shape index (κ2) is 8.61. The standard InChI is InChI=1S/C14H21O7/c1-4-11(15)19-9-7-18-8-10(20-12(16)5-2)14(9)21-13(17)6-3/h7,9-10,14H,4-6,8H2,1-3H3/t9-,10-,14+/m1/s1. The van der Waals surface area contributed by atoms with Crippen LogP contribution in [0.15, 0.2) is 0 Å². The molecule has 1 fully saturated rings. The zero-order chi connectivity index (χ0) is 15.8. The molecule has 1 heterocycles. The Morgan fingerprint density at radius 3 is 2.05 bits per heavy atom. The van der Waals surface area contributed by atoms with Gasteiger partial charge in [-0.25, -0.2) is 0 Å². The molecule has 0 saturated carbocycles. The molecule has 21 heavy (non-hydrogen) atoms. The van der Waals surface area contributed by atoms with E-state index in [1.165, 1.54) is 6.61 Å². The summed E-state index contributed by atoms with van der Waals surface area (Å²) in [6.45, 7) is 6.28. The molecular weight excluding hydrogens is 280 g/mol. The SMILES string of the molecule is CCC(=O)O[C@H]1[C@H](OC(=O)CC)[CH]OC[C@H]1OC(=O)CC. The van der Waals surface area contributed by atoms with E-state index in [9.17, 15) is 14.4 Å². The van der Waals surface area contributed by atoms with Gasteiger partial charge in [-0.1, -0.05) is 20.8 Å². The van der Waals surface area contributed by atoms with E-state index in [2.05, 4.69) is 0 Å². The van der Waals surface area contributed by atoms with Gasteiger partial charge in [0, 0.05) is 19.3 Å². The minimum atomic E-state index is -0.892. The highest BCUT2D eigenvalue weighted by atomic mass is 16.6. The Kier molecular flexibility index (Phi) is 7.14. The lowest BCUT2D eigenvalue weighted by Gasteiger charge is -2.35. The predicted molar refractivity (Wildman–Crippen MR) is 70.8 cm³/mol. The Balaban J connectivity index is 2.81. The number of esters is 3. The molecule has 7 heteroatoms. The zero-order valence-electron chi connectivity index (χ0n) is 12.5. The molecule has 7 nitrogen and oxygen atoms in total. The topological polar surface area (TPSA) is 88.1 Å². The van der Waals surface area contributed by atoms with Crippen molar-refractivity contribution in [1.29, 1.82) is 0 Å². The molecule has 1 aliphatic rings. The lowest BCUT2D eigenvalue weighted by atomic mass is 10.1. The molecule has 0 amide bonds. The van der Waals surface area contributed by atoms with Crippen LogP contribution < -0.4 is 0 Å². The number of hydrogen-bond acceptors (Lipinski definition) is 7. The van der Waals surface area contributed by atoms with E-state index in [0.717, 1.165) is 0 Å². The molecule has 0 aliphatic carbocycles. The number of ether oxygens (including phenoxy) is 4. The number of rotatable bonds is 6. The number of hydrogen-bond donors (Lipinski definition) is 0. The van der Waals surface area contributed by atoms with Crippen molar-refractivity contribution in [2.24, 2.45) is 0 Å². The summed E-state index contributed by atoms with van der Waals surface area (Å²) < 4.78 is 20.8. The van der Waals surface area contributed by atoms with Crippen molar-refractivity contribution >= 4 is 17.9 Å². The highest BCUT2D eigenvalue weighted by Crippen LogP contribution is 2.22. The van der Waals surface area contributed by atoms with Crippen LogP contribution in [-0.4, -0.2) is 42.8 Å². The van der Waals surface area contributed by atoms with Gasteiger partial charge >= 0.3 is 17.9 Å². The Morgan fingerprint density at radius 1 is 0.952 bits per heavy atom. The van der Waals surface area contributed by atoms with E-state index in [1.54, 1.807) is 20.8 Å². The van der Waals surface area contributed by atoms with E-state index in [4.69, 9.17) is 18.9 Å². The molecule has 0 aromatic heterocycles. The van der Waals surface area contributed by atoms with Gasteiger partial charge < -0.3 is 18.9 Å². The third-order valence-corrected chi connectivity index (χ3v) is 2.86. The number of carbonyl (C=O) groups excluding carboxylic acids is 3. The van der Waals surface area contributed by atoms with Gasteiger partial charge in [0.25, 0.3) is 0 Å². The fraction of sp³-hybridized carbons (Fsp3) is 0.714. The minimum Gasteiger partial charge on any atom is -0.456 e. The summed E-state index contributed by atoms with van der Waals surface area (Å²) in [7, 11) is 0. The maximum Gasteiger partial charge on any atom is 0.306 e. The van der Waals surface area contributed by atoms with E-state index < -0.39 is 36.2 Å². The largest absolute Gasteiger partial charge is 0.456 e. The number of carbonyl (C=O) groups is 3. The van der Waals surface area contributed by atoms with E-state index in [-0.39, 0.29) is 25.9 Å².